The van der Waals surface area contributed by atoms with E-state index >= 15 is 0 Å². The van der Waals surface area contributed by atoms with E-state index in [4.69, 9.17) is 4.74 Å². The van der Waals surface area contributed by atoms with Crippen molar-refractivity contribution in [1.29, 1.82) is 0 Å². The molecule has 4 aromatic rings. The van der Waals surface area contributed by atoms with Crippen molar-refractivity contribution in [2.24, 2.45) is 10.9 Å². The van der Waals surface area contributed by atoms with Crippen LogP contribution < -0.4 is 10.1 Å². The largest absolute Gasteiger partial charge is 0.489 e. The van der Waals surface area contributed by atoms with Gasteiger partial charge in [-0.2, -0.15) is 0 Å². The first-order valence-electron chi connectivity index (χ1n) is 12.4. The summed E-state index contributed by atoms with van der Waals surface area (Å²) in [6, 6.07) is 31.8. The Morgan fingerprint density at radius 2 is 1.67 bits per heavy atom. The quantitative estimate of drug-likeness (QED) is 0.227. The summed E-state index contributed by atoms with van der Waals surface area (Å²) in [5.41, 5.74) is 6.35. The molecule has 0 spiro atoms. The minimum atomic E-state index is -0.254. The van der Waals surface area contributed by atoms with Gasteiger partial charge in [-0.05, 0) is 77.6 Å². The summed E-state index contributed by atoms with van der Waals surface area (Å²) in [6.07, 6.45) is 7.63. The van der Waals surface area contributed by atoms with Crippen LogP contribution in [-0.2, 0) is 6.61 Å². The fourth-order valence-electron chi connectivity index (χ4n) is 5.22. The molecule has 0 fully saturated rings. The highest BCUT2D eigenvalue weighted by atomic mass is 19.1. The molecule has 3 nitrogen and oxygen atoms in total. The summed E-state index contributed by atoms with van der Waals surface area (Å²) in [7, 11) is 0. The lowest BCUT2D eigenvalue weighted by atomic mass is 9.77. The maximum atomic E-state index is 13.8. The normalized spacial score (nSPS) is 20.1. The number of nitrogens with one attached hydrogen (secondary N) is 1. The maximum absolute atomic E-state index is 13.8. The molecule has 0 saturated heterocycles. The second-order valence-electron chi connectivity index (χ2n) is 9.36. The molecule has 1 N–H and O–H groups in total. The summed E-state index contributed by atoms with van der Waals surface area (Å²) in [5.74, 6) is 1.45. The molecule has 1 heterocycles. The third kappa shape index (κ3) is 4.55. The second kappa shape index (κ2) is 9.82. The lowest BCUT2D eigenvalue weighted by Crippen LogP contribution is -2.28. The van der Waals surface area contributed by atoms with Crippen LogP contribution in [0.4, 0.5) is 15.8 Å². The van der Waals surface area contributed by atoms with Crippen LogP contribution >= 0.6 is 0 Å². The van der Waals surface area contributed by atoms with Crippen LogP contribution in [0.3, 0.4) is 0 Å². The molecule has 1 aliphatic heterocycles. The number of anilines is 1. The molecule has 0 unspecified atom stereocenters. The van der Waals surface area contributed by atoms with Gasteiger partial charge in [0.1, 0.15) is 18.2 Å². The molecule has 0 radical (unpaired) electrons. The molecule has 4 heteroatoms. The molecular formula is C32H27FN2O. The van der Waals surface area contributed by atoms with E-state index in [1.54, 1.807) is 18.2 Å². The topological polar surface area (TPSA) is 33.6 Å². The third-order valence-corrected chi connectivity index (χ3v) is 7.12. The zero-order valence-corrected chi connectivity index (χ0v) is 19.8. The summed E-state index contributed by atoms with van der Waals surface area (Å²) in [6.45, 7) is 0.200. The van der Waals surface area contributed by atoms with Crippen molar-refractivity contribution in [3.63, 3.8) is 0 Å². The fourth-order valence-corrected chi connectivity index (χ4v) is 5.22. The number of halogens is 1. The number of ether oxygens (including phenoxy) is 1. The highest BCUT2D eigenvalue weighted by Gasteiger charge is 2.37. The predicted octanol–water partition coefficient (Wildman–Crippen LogP) is 7.98. The van der Waals surface area contributed by atoms with Crippen LogP contribution in [0.2, 0.25) is 0 Å². The van der Waals surface area contributed by atoms with Gasteiger partial charge < -0.3 is 10.1 Å². The Kier molecular flexibility index (Phi) is 6.08. The molecule has 1 aliphatic carbocycles. The average molecular weight is 475 g/mol. The van der Waals surface area contributed by atoms with Crippen molar-refractivity contribution in [2.75, 3.05) is 5.32 Å². The first-order valence-corrected chi connectivity index (χ1v) is 12.4. The van der Waals surface area contributed by atoms with Crippen molar-refractivity contribution in [3.05, 3.63) is 137 Å². The smallest absolute Gasteiger partial charge is 0.129 e. The monoisotopic (exact) mass is 474 g/mol. The third-order valence-electron chi connectivity index (χ3n) is 7.12. The molecule has 3 atom stereocenters. The number of rotatable bonds is 6. The lowest BCUT2D eigenvalue weighted by molar-refractivity contribution is 0.300. The number of aliphatic imine (C=N–C) groups is 1. The van der Waals surface area contributed by atoms with Crippen LogP contribution in [0.1, 0.15) is 40.6 Å². The summed E-state index contributed by atoms with van der Waals surface area (Å²) < 4.78 is 19.5. The van der Waals surface area contributed by atoms with Gasteiger partial charge in [-0.15, -0.1) is 0 Å². The van der Waals surface area contributed by atoms with Gasteiger partial charge >= 0.3 is 0 Å². The Bertz CT molecular complexity index is 1410. The first-order chi connectivity index (χ1) is 17.7. The number of allylic oxidation sites excluding steroid dienone is 2. The zero-order valence-electron chi connectivity index (χ0n) is 19.8. The van der Waals surface area contributed by atoms with Crippen molar-refractivity contribution in [3.8, 4) is 5.75 Å². The second-order valence-corrected chi connectivity index (χ2v) is 9.36. The summed E-state index contributed by atoms with van der Waals surface area (Å²) in [5, 5.41) is 3.78. The van der Waals surface area contributed by atoms with E-state index in [-0.39, 0.29) is 18.5 Å². The van der Waals surface area contributed by atoms with Crippen LogP contribution in [0.15, 0.2) is 114 Å². The molecule has 36 heavy (non-hydrogen) atoms. The molecule has 178 valence electrons. The SMILES string of the molecule is Fc1ccccc1COc1ccc(C=Nc2ccc([C@@H]3Nc4ccccc4[C@H]4C=CC[C@@H]43)cc2)cc1. The van der Waals surface area contributed by atoms with Gasteiger partial charge in [-0.25, -0.2) is 4.39 Å². The van der Waals surface area contributed by atoms with Crippen molar-refractivity contribution in [1.82, 2.24) is 0 Å². The number of hydrogen-bond donors (Lipinski definition) is 1. The predicted molar refractivity (Wildman–Crippen MR) is 144 cm³/mol. The Balaban J connectivity index is 1.10. The molecule has 0 bridgehead atoms. The van der Waals surface area contributed by atoms with Gasteiger partial charge in [0.25, 0.3) is 0 Å². The van der Waals surface area contributed by atoms with Crippen molar-refractivity contribution < 1.29 is 9.13 Å². The number of fused-ring (bicyclic) bond motifs is 3. The Hall–Kier alpha value is -4.18. The highest BCUT2D eigenvalue weighted by molar-refractivity contribution is 5.82. The fraction of sp³-hybridized carbons (Fsp3) is 0.156. The standard InChI is InChI=1S/C32H27FN2O/c33-30-10-3-1-6-24(30)21-36-26-18-12-22(13-19-26)20-34-25-16-14-23(15-17-25)32-29-9-5-8-27(29)28-7-2-4-11-31(28)35-32/h1-8,10-20,27,29,32,35H,9,21H2/t27-,29+,32+/m1/s1. The van der Waals surface area contributed by atoms with Crippen molar-refractivity contribution in [2.45, 2.75) is 25.0 Å². The zero-order chi connectivity index (χ0) is 24.3. The lowest BCUT2D eigenvalue weighted by Gasteiger charge is -2.37. The van der Waals surface area contributed by atoms with E-state index in [0.717, 1.165) is 17.7 Å². The molecule has 6 rings (SSSR count). The Morgan fingerprint density at radius 1 is 0.889 bits per heavy atom. The minimum Gasteiger partial charge on any atom is -0.489 e. The summed E-state index contributed by atoms with van der Waals surface area (Å²) >= 11 is 0. The van der Waals surface area contributed by atoms with E-state index < -0.39 is 0 Å². The van der Waals surface area contributed by atoms with Crippen LogP contribution in [0, 0.1) is 11.7 Å². The van der Waals surface area contributed by atoms with Crippen LogP contribution in [0.5, 0.6) is 5.75 Å². The highest BCUT2D eigenvalue weighted by Crippen LogP contribution is 2.49. The van der Waals surface area contributed by atoms with E-state index in [1.165, 1.54) is 22.9 Å². The number of nitrogens with zero attached hydrogens (tertiary/aromatic N) is 1. The van der Waals surface area contributed by atoms with Crippen molar-refractivity contribution >= 4 is 17.6 Å². The van der Waals surface area contributed by atoms with Gasteiger partial charge in [-0.3, -0.25) is 4.99 Å². The van der Waals surface area contributed by atoms with Crippen LogP contribution in [0.25, 0.3) is 0 Å². The van der Waals surface area contributed by atoms with Gasteiger partial charge in [0.05, 0.1) is 11.7 Å². The van der Waals surface area contributed by atoms with E-state index in [0.29, 0.717) is 23.1 Å². The van der Waals surface area contributed by atoms with Gasteiger partial charge in [0.15, 0.2) is 0 Å². The van der Waals surface area contributed by atoms with E-state index in [1.807, 2.05) is 30.5 Å². The Labute approximate surface area is 211 Å². The molecule has 0 amide bonds. The molecule has 0 saturated carbocycles. The van der Waals surface area contributed by atoms with Gasteiger partial charge in [0, 0.05) is 23.4 Å². The number of para-hydroxylation sites is 1. The minimum absolute atomic E-state index is 0.200. The average Bonchev–Trinajstić information content (AvgIpc) is 3.43. The van der Waals surface area contributed by atoms with E-state index in [9.17, 15) is 4.39 Å². The molecule has 2 aliphatic rings. The Morgan fingerprint density at radius 3 is 2.50 bits per heavy atom. The van der Waals surface area contributed by atoms with Gasteiger partial charge in [0.2, 0.25) is 0 Å². The maximum Gasteiger partial charge on any atom is 0.129 e. The molecule has 4 aromatic carbocycles. The first kappa shape index (κ1) is 22.3. The van der Waals surface area contributed by atoms with Gasteiger partial charge in [-0.1, -0.05) is 60.7 Å². The molecule has 0 aromatic heterocycles. The summed E-state index contributed by atoms with van der Waals surface area (Å²) in [4.78, 5) is 4.65. The number of hydrogen-bond acceptors (Lipinski definition) is 3. The molecular weight excluding hydrogens is 447 g/mol. The number of benzene rings is 4. The van der Waals surface area contributed by atoms with E-state index in [2.05, 4.69) is 71.0 Å². The van der Waals surface area contributed by atoms with Crippen LogP contribution in [-0.4, -0.2) is 6.21 Å².